The van der Waals surface area contributed by atoms with Crippen LogP contribution in [0.15, 0.2) is 40.1 Å². The van der Waals surface area contributed by atoms with E-state index < -0.39 is 28.9 Å². The number of aromatic nitrogens is 2. The smallest absolute Gasteiger partial charge is 0.339 e. The van der Waals surface area contributed by atoms with Gasteiger partial charge in [-0.05, 0) is 12.1 Å². The lowest BCUT2D eigenvalue weighted by atomic mass is 10.2. The van der Waals surface area contributed by atoms with Crippen LogP contribution in [-0.2, 0) is 11.3 Å². The number of carboxylic acids is 1. The molecule has 120 valence electrons. The Morgan fingerprint density at radius 3 is 2.57 bits per heavy atom. The SMILES string of the molecule is O=C(CCn1ccc(=O)[nH]c1=O)Nc1ccc(C(=O)O)c(O)c1. The number of rotatable bonds is 5. The summed E-state index contributed by atoms with van der Waals surface area (Å²) in [5.74, 6) is -2.18. The number of nitrogens with one attached hydrogen (secondary N) is 2. The van der Waals surface area contributed by atoms with E-state index in [1.807, 2.05) is 0 Å². The van der Waals surface area contributed by atoms with Crippen molar-refractivity contribution in [3.63, 3.8) is 0 Å². The topological polar surface area (TPSA) is 141 Å². The molecule has 0 spiro atoms. The van der Waals surface area contributed by atoms with Crippen LogP contribution in [0.3, 0.4) is 0 Å². The van der Waals surface area contributed by atoms with E-state index in [1.165, 1.54) is 29.0 Å². The highest BCUT2D eigenvalue weighted by Gasteiger charge is 2.11. The maximum atomic E-state index is 11.8. The van der Waals surface area contributed by atoms with Gasteiger partial charge in [0.15, 0.2) is 0 Å². The minimum Gasteiger partial charge on any atom is -0.507 e. The molecular formula is C14H13N3O6. The van der Waals surface area contributed by atoms with Gasteiger partial charge in [0.05, 0.1) is 0 Å². The third-order valence-corrected chi connectivity index (χ3v) is 2.99. The Labute approximate surface area is 128 Å². The lowest BCUT2D eigenvalue weighted by molar-refractivity contribution is -0.116. The number of carboxylic acid groups (broad SMARTS) is 1. The number of aromatic hydroxyl groups is 1. The molecule has 1 heterocycles. The Morgan fingerprint density at radius 2 is 1.96 bits per heavy atom. The maximum Gasteiger partial charge on any atom is 0.339 e. The Hall–Kier alpha value is -3.36. The van der Waals surface area contributed by atoms with Gasteiger partial charge in [-0.1, -0.05) is 0 Å². The average Bonchev–Trinajstić information content (AvgIpc) is 2.46. The third kappa shape index (κ3) is 4.06. The number of aromatic amines is 1. The van der Waals surface area contributed by atoms with Crippen molar-refractivity contribution < 1.29 is 19.8 Å². The molecule has 0 unspecified atom stereocenters. The highest BCUT2D eigenvalue weighted by Crippen LogP contribution is 2.21. The quantitative estimate of drug-likeness (QED) is 0.609. The molecule has 1 amide bonds. The minimum absolute atomic E-state index is 0.0482. The first-order valence-electron chi connectivity index (χ1n) is 6.53. The van der Waals surface area contributed by atoms with Gasteiger partial charge in [0, 0.05) is 37.0 Å². The zero-order valence-electron chi connectivity index (χ0n) is 11.8. The van der Waals surface area contributed by atoms with Crippen LogP contribution in [0.2, 0.25) is 0 Å². The van der Waals surface area contributed by atoms with Crippen molar-refractivity contribution in [2.75, 3.05) is 5.32 Å². The van der Waals surface area contributed by atoms with Crippen molar-refractivity contribution >= 4 is 17.6 Å². The molecule has 1 aromatic carbocycles. The number of aromatic carboxylic acids is 1. The maximum absolute atomic E-state index is 11.8. The molecule has 2 rings (SSSR count). The molecule has 9 heteroatoms. The second-order valence-corrected chi connectivity index (χ2v) is 4.64. The summed E-state index contributed by atoms with van der Waals surface area (Å²) in [6, 6.07) is 4.79. The van der Waals surface area contributed by atoms with Crippen LogP contribution in [0.5, 0.6) is 5.75 Å². The first kappa shape index (κ1) is 16.0. The van der Waals surface area contributed by atoms with Gasteiger partial charge in [-0.3, -0.25) is 14.6 Å². The number of nitrogens with zero attached hydrogens (tertiary/aromatic N) is 1. The summed E-state index contributed by atoms with van der Waals surface area (Å²) in [5, 5.41) is 20.8. The summed E-state index contributed by atoms with van der Waals surface area (Å²) < 4.78 is 1.17. The van der Waals surface area contributed by atoms with Crippen LogP contribution in [0.1, 0.15) is 16.8 Å². The first-order valence-corrected chi connectivity index (χ1v) is 6.53. The van der Waals surface area contributed by atoms with Gasteiger partial charge in [0.2, 0.25) is 5.91 Å². The molecule has 0 aliphatic carbocycles. The van der Waals surface area contributed by atoms with Gasteiger partial charge >= 0.3 is 11.7 Å². The van der Waals surface area contributed by atoms with Crippen LogP contribution in [0, 0.1) is 0 Å². The summed E-state index contributed by atoms with van der Waals surface area (Å²) in [7, 11) is 0. The van der Waals surface area contributed by atoms with E-state index >= 15 is 0 Å². The third-order valence-electron chi connectivity index (χ3n) is 2.99. The molecule has 23 heavy (non-hydrogen) atoms. The minimum atomic E-state index is -1.28. The van der Waals surface area contributed by atoms with Crippen LogP contribution < -0.4 is 16.6 Å². The van der Waals surface area contributed by atoms with Gasteiger partial charge in [-0.25, -0.2) is 9.59 Å². The summed E-state index contributed by atoms with van der Waals surface area (Å²) in [4.78, 5) is 47.0. The van der Waals surface area contributed by atoms with Crippen molar-refractivity contribution in [2.45, 2.75) is 13.0 Å². The molecule has 0 aliphatic heterocycles. The number of amides is 1. The number of phenols is 1. The Kier molecular flexibility index (Phi) is 4.60. The molecule has 0 aliphatic rings. The predicted molar refractivity (Wildman–Crippen MR) is 79.6 cm³/mol. The van der Waals surface area contributed by atoms with Crippen LogP contribution >= 0.6 is 0 Å². The van der Waals surface area contributed by atoms with E-state index in [9.17, 15) is 24.3 Å². The molecular weight excluding hydrogens is 306 g/mol. The number of hydrogen-bond donors (Lipinski definition) is 4. The molecule has 1 aromatic heterocycles. The largest absolute Gasteiger partial charge is 0.507 e. The number of anilines is 1. The van der Waals surface area contributed by atoms with Gasteiger partial charge in [0.25, 0.3) is 5.56 Å². The number of hydrogen-bond acceptors (Lipinski definition) is 5. The lowest BCUT2D eigenvalue weighted by Crippen LogP contribution is -2.29. The van der Waals surface area contributed by atoms with Gasteiger partial charge < -0.3 is 20.1 Å². The van der Waals surface area contributed by atoms with Gasteiger partial charge in [-0.2, -0.15) is 0 Å². The fourth-order valence-electron chi connectivity index (χ4n) is 1.86. The van der Waals surface area contributed by atoms with E-state index in [2.05, 4.69) is 10.3 Å². The van der Waals surface area contributed by atoms with E-state index in [0.29, 0.717) is 0 Å². The Bertz CT molecular complexity index is 867. The molecule has 0 fully saturated rings. The van der Waals surface area contributed by atoms with Crippen molar-refractivity contribution in [3.8, 4) is 5.75 Å². The molecule has 0 bridgehead atoms. The molecule has 0 atom stereocenters. The van der Waals surface area contributed by atoms with Crippen molar-refractivity contribution in [3.05, 3.63) is 56.9 Å². The molecule has 4 N–H and O–H groups in total. The number of benzene rings is 1. The summed E-state index contributed by atoms with van der Waals surface area (Å²) in [5.41, 5.74) is -1.19. The summed E-state index contributed by atoms with van der Waals surface area (Å²) >= 11 is 0. The van der Waals surface area contributed by atoms with E-state index in [1.54, 1.807) is 0 Å². The first-order chi connectivity index (χ1) is 10.9. The number of carbonyl (C=O) groups is 2. The molecule has 0 radical (unpaired) electrons. The fourth-order valence-corrected chi connectivity index (χ4v) is 1.86. The molecule has 0 saturated carbocycles. The van der Waals surface area contributed by atoms with Crippen molar-refractivity contribution in [2.24, 2.45) is 0 Å². The highest BCUT2D eigenvalue weighted by atomic mass is 16.4. The average molecular weight is 319 g/mol. The van der Waals surface area contributed by atoms with Crippen LogP contribution in [0.25, 0.3) is 0 Å². The molecule has 0 saturated heterocycles. The van der Waals surface area contributed by atoms with Crippen molar-refractivity contribution in [1.82, 2.24) is 9.55 Å². The highest BCUT2D eigenvalue weighted by molar-refractivity contribution is 5.94. The second kappa shape index (κ2) is 6.60. The number of aryl methyl sites for hydroxylation is 1. The van der Waals surface area contributed by atoms with E-state index in [-0.39, 0.29) is 24.2 Å². The molecule has 2 aromatic rings. The van der Waals surface area contributed by atoms with Crippen LogP contribution in [0.4, 0.5) is 5.69 Å². The Balaban J connectivity index is 2.00. The zero-order chi connectivity index (χ0) is 17.0. The monoisotopic (exact) mass is 319 g/mol. The lowest BCUT2D eigenvalue weighted by Gasteiger charge is -2.08. The number of carbonyl (C=O) groups excluding carboxylic acids is 1. The van der Waals surface area contributed by atoms with Crippen molar-refractivity contribution in [1.29, 1.82) is 0 Å². The molecule has 9 nitrogen and oxygen atoms in total. The van der Waals surface area contributed by atoms with Gasteiger partial charge in [-0.15, -0.1) is 0 Å². The number of H-pyrrole nitrogens is 1. The predicted octanol–water partition coefficient (Wildman–Crippen LogP) is -0.0308. The van der Waals surface area contributed by atoms with E-state index in [0.717, 1.165) is 6.07 Å². The summed E-state index contributed by atoms with van der Waals surface area (Å²) in [6.45, 7) is 0.0562. The van der Waals surface area contributed by atoms with Crippen LogP contribution in [-0.4, -0.2) is 31.6 Å². The normalized spacial score (nSPS) is 10.3. The van der Waals surface area contributed by atoms with Gasteiger partial charge in [0.1, 0.15) is 11.3 Å². The standard InChI is InChI=1S/C14H13N3O6/c18-10-7-8(1-2-9(10)13(21)22)15-11(19)3-5-17-6-4-12(20)16-14(17)23/h1-2,4,6-7,18H,3,5H2,(H,15,19)(H,21,22)(H,16,20,23). The zero-order valence-corrected chi connectivity index (χ0v) is 11.8. The summed E-state index contributed by atoms with van der Waals surface area (Å²) in [6.07, 6.45) is 1.23. The Morgan fingerprint density at radius 1 is 1.22 bits per heavy atom. The second-order valence-electron chi connectivity index (χ2n) is 4.64. The fraction of sp³-hybridized carbons (Fsp3) is 0.143. The van der Waals surface area contributed by atoms with E-state index in [4.69, 9.17) is 5.11 Å².